The first kappa shape index (κ1) is 52.0. The van der Waals surface area contributed by atoms with E-state index in [0.717, 1.165) is 20.9 Å². The highest BCUT2D eigenvalue weighted by Crippen LogP contribution is 2.35. The molecule has 14 aromatic rings. The summed E-state index contributed by atoms with van der Waals surface area (Å²) in [5.41, 5.74) is 11.6. The van der Waals surface area contributed by atoms with Crippen LogP contribution in [-0.4, -0.2) is 77.6 Å². The lowest BCUT2D eigenvalue weighted by molar-refractivity contribution is -0.0139. The summed E-state index contributed by atoms with van der Waals surface area (Å²) in [5, 5.41) is 32.9. The summed E-state index contributed by atoms with van der Waals surface area (Å²) in [4.78, 5) is 2.18. The number of para-hydroxylation sites is 8. The summed E-state index contributed by atoms with van der Waals surface area (Å²) in [7, 11) is 0. The van der Waals surface area contributed by atoms with Crippen LogP contribution in [0.3, 0.4) is 0 Å². The second-order valence-corrected chi connectivity index (χ2v) is 23.7. The summed E-state index contributed by atoms with van der Waals surface area (Å²) in [5.74, 6) is 1.01. The molecule has 4 aromatic heterocycles. The third kappa shape index (κ3) is 10.2. The first-order valence-corrected chi connectivity index (χ1v) is 30.4. The molecule has 0 spiro atoms. The number of ether oxygens (including phenoxy) is 2. The number of thioether (sulfide) groups is 2. The topological polar surface area (TPSA) is 78.6 Å². The monoisotopic (exact) mass is 1110 g/mol. The van der Waals surface area contributed by atoms with Gasteiger partial charge in [-0.2, -0.15) is 0 Å². The number of hydrogen-bond donors (Lipinski definition) is 2. The van der Waals surface area contributed by atoms with Crippen LogP contribution in [0.1, 0.15) is 0 Å². The third-order valence-electron chi connectivity index (χ3n) is 16.2. The number of aliphatic hydroxyl groups is 2. The number of nitrogens with zero attached hydrogens (tertiary/aromatic N) is 4. The van der Waals surface area contributed by atoms with E-state index < -0.39 is 12.2 Å². The maximum absolute atomic E-state index is 11.5. The molecule has 10 heteroatoms. The first-order chi connectivity index (χ1) is 40.5. The lowest BCUT2D eigenvalue weighted by atomic mass is 10.1. The van der Waals surface area contributed by atoms with Crippen molar-refractivity contribution in [3.8, 4) is 11.1 Å². The van der Waals surface area contributed by atoms with Crippen LogP contribution in [0.2, 0.25) is 0 Å². The fourth-order valence-electron chi connectivity index (χ4n) is 12.4. The molecule has 8 nitrogen and oxygen atoms in total. The molecule has 0 aliphatic carbocycles. The van der Waals surface area contributed by atoms with Gasteiger partial charge in [0.2, 0.25) is 0 Å². The number of aliphatic hydroxyl groups excluding tert-OH is 2. The van der Waals surface area contributed by atoms with Crippen LogP contribution in [-0.2, 0) is 35.7 Å². The SMILES string of the molecule is OC(COC(Cn1c2ccccc2c2ccccc21)Cn1c2ccccc2c2ccccc21)CSc1ccc(-c2ccc(SCC(O)COC(Cn3c4ccccc4c4ccccc43)Cn3c4ccccc4c4ccccc43)cc2)cc1. The Morgan fingerprint density at radius 2 is 0.488 bits per heavy atom. The zero-order chi connectivity index (χ0) is 54.9. The highest BCUT2D eigenvalue weighted by Gasteiger charge is 2.23. The van der Waals surface area contributed by atoms with E-state index in [0.29, 0.717) is 37.7 Å². The van der Waals surface area contributed by atoms with Crippen LogP contribution in [0.4, 0.5) is 0 Å². The molecule has 0 aliphatic rings. The van der Waals surface area contributed by atoms with Gasteiger partial charge in [0, 0.05) is 109 Å². The highest BCUT2D eigenvalue weighted by atomic mass is 32.2. The normalized spacial score (nSPS) is 13.0. The maximum Gasteiger partial charge on any atom is 0.0934 e. The summed E-state index contributed by atoms with van der Waals surface area (Å²) < 4.78 is 23.2. The van der Waals surface area contributed by atoms with Crippen LogP contribution < -0.4 is 0 Å². The van der Waals surface area contributed by atoms with E-state index in [4.69, 9.17) is 9.47 Å². The van der Waals surface area contributed by atoms with Gasteiger partial charge in [-0.05, 0) is 83.9 Å². The van der Waals surface area contributed by atoms with Crippen molar-refractivity contribution in [2.45, 2.75) is 60.4 Å². The van der Waals surface area contributed by atoms with Crippen molar-refractivity contribution in [1.82, 2.24) is 18.3 Å². The molecule has 0 aliphatic heterocycles. The van der Waals surface area contributed by atoms with E-state index in [1.54, 1.807) is 23.5 Å². The Labute approximate surface area is 484 Å². The van der Waals surface area contributed by atoms with Gasteiger partial charge in [-0.3, -0.25) is 0 Å². The van der Waals surface area contributed by atoms with Crippen molar-refractivity contribution in [3.63, 3.8) is 0 Å². The van der Waals surface area contributed by atoms with Crippen LogP contribution in [0.15, 0.2) is 252 Å². The highest BCUT2D eigenvalue weighted by molar-refractivity contribution is 7.99. The van der Waals surface area contributed by atoms with Crippen molar-refractivity contribution in [2.24, 2.45) is 0 Å². The number of benzene rings is 10. The van der Waals surface area contributed by atoms with Gasteiger partial charge < -0.3 is 38.0 Å². The van der Waals surface area contributed by atoms with Gasteiger partial charge in [-0.15, -0.1) is 23.5 Å². The lowest BCUT2D eigenvalue weighted by Gasteiger charge is -2.23. The molecule has 82 heavy (non-hydrogen) atoms. The second-order valence-electron chi connectivity index (χ2n) is 21.5. The molecular weight excluding hydrogens is 1050 g/mol. The van der Waals surface area contributed by atoms with E-state index in [2.05, 4.69) is 261 Å². The van der Waals surface area contributed by atoms with Crippen LogP contribution in [0, 0.1) is 0 Å². The average Bonchev–Trinajstić information content (AvgIpc) is 4.41. The Bertz CT molecular complexity index is 3820. The van der Waals surface area contributed by atoms with E-state index in [-0.39, 0.29) is 25.4 Å². The number of fused-ring (bicyclic) bond motifs is 12. The molecule has 2 N–H and O–H groups in total. The van der Waals surface area contributed by atoms with Crippen molar-refractivity contribution in [3.05, 3.63) is 243 Å². The van der Waals surface area contributed by atoms with Gasteiger partial charge in [0.15, 0.2) is 0 Å². The van der Waals surface area contributed by atoms with E-state index in [1.165, 1.54) is 87.2 Å². The number of aromatic nitrogens is 4. The minimum Gasteiger partial charge on any atom is -0.390 e. The molecule has 14 rings (SSSR count). The van der Waals surface area contributed by atoms with Gasteiger partial charge >= 0.3 is 0 Å². The van der Waals surface area contributed by atoms with Gasteiger partial charge in [-0.1, -0.05) is 170 Å². The Morgan fingerprint density at radius 3 is 0.707 bits per heavy atom. The third-order valence-corrected chi connectivity index (χ3v) is 18.6. The molecule has 0 bridgehead atoms. The quantitative estimate of drug-likeness (QED) is 0.0698. The van der Waals surface area contributed by atoms with Crippen LogP contribution >= 0.6 is 23.5 Å². The van der Waals surface area contributed by atoms with Gasteiger partial charge in [0.05, 0.1) is 63.8 Å². The first-order valence-electron chi connectivity index (χ1n) is 28.4. The Hall–Kier alpha value is -8.06. The molecule has 10 aromatic carbocycles. The van der Waals surface area contributed by atoms with Crippen LogP contribution in [0.5, 0.6) is 0 Å². The van der Waals surface area contributed by atoms with Crippen molar-refractivity contribution >= 4 is 111 Å². The fraction of sp³-hybridized carbons (Fsp3) is 0.167. The molecule has 406 valence electrons. The van der Waals surface area contributed by atoms with E-state index >= 15 is 0 Å². The Morgan fingerprint density at radius 1 is 0.280 bits per heavy atom. The van der Waals surface area contributed by atoms with Gasteiger partial charge in [-0.25, -0.2) is 0 Å². The van der Waals surface area contributed by atoms with Crippen molar-refractivity contribution < 1.29 is 19.7 Å². The zero-order valence-electron chi connectivity index (χ0n) is 45.4. The average molecular weight is 1110 g/mol. The zero-order valence-corrected chi connectivity index (χ0v) is 47.0. The summed E-state index contributed by atoms with van der Waals surface area (Å²) in [6.45, 7) is 2.95. The molecule has 0 saturated heterocycles. The molecule has 2 atom stereocenters. The molecular formula is C72H62N4O4S2. The van der Waals surface area contributed by atoms with Crippen molar-refractivity contribution in [2.75, 3.05) is 24.7 Å². The number of rotatable bonds is 21. The maximum atomic E-state index is 11.5. The standard InChI is InChI=1S/C72H62N4O4S2/c77-51(45-79-53(41-73-65-25-9-1-17-57(65)58-18-2-10-26-66(58)73)42-74-67-27-11-3-19-59(67)60-20-4-12-28-68(60)74)47-81-55-37-33-49(34-38-55)50-35-39-56(40-36-50)82-48-52(78)46-80-54(43-75-69-29-13-5-21-61(69)62-22-6-14-30-70(62)75)44-76-71-31-15-7-23-63(71)64-24-8-16-32-72(64)76/h1-40,51-54,77-78H,41-48H2. The largest absolute Gasteiger partial charge is 0.390 e. The summed E-state index contributed by atoms with van der Waals surface area (Å²) >= 11 is 3.28. The predicted molar refractivity (Wildman–Crippen MR) is 343 cm³/mol. The Balaban J connectivity index is 0.614. The summed E-state index contributed by atoms with van der Waals surface area (Å²) in [6, 6.07) is 86.0. The molecule has 0 amide bonds. The molecule has 4 heterocycles. The second kappa shape index (κ2) is 23.1. The smallest absolute Gasteiger partial charge is 0.0934 e. The van der Waals surface area contributed by atoms with Gasteiger partial charge in [0.1, 0.15) is 0 Å². The fourth-order valence-corrected chi connectivity index (χ4v) is 14.0. The predicted octanol–water partition coefficient (Wildman–Crippen LogP) is 16.3. The summed E-state index contributed by atoms with van der Waals surface area (Å²) in [6.07, 6.45) is -1.80. The Kier molecular flexibility index (Phi) is 14.6. The minimum atomic E-state index is -0.669. The molecule has 0 saturated carbocycles. The van der Waals surface area contributed by atoms with E-state index in [9.17, 15) is 10.2 Å². The van der Waals surface area contributed by atoms with E-state index in [1.807, 2.05) is 0 Å². The van der Waals surface area contributed by atoms with Crippen molar-refractivity contribution in [1.29, 1.82) is 0 Å². The minimum absolute atomic E-state index is 0.215. The van der Waals surface area contributed by atoms with Gasteiger partial charge in [0.25, 0.3) is 0 Å². The lowest BCUT2D eigenvalue weighted by Crippen LogP contribution is -2.30. The van der Waals surface area contributed by atoms with Crippen LogP contribution in [0.25, 0.3) is 98.4 Å². The molecule has 2 unspecified atom stereocenters. The number of hydrogen-bond acceptors (Lipinski definition) is 6. The molecule has 0 fully saturated rings. The molecule has 0 radical (unpaired) electrons.